The van der Waals surface area contributed by atoms with Gasteiger partial charge < -0.3 is 15.5 Å². The Balaban J connectivity index is 0.00000169. The summed E-state index contributed by atoms with van der Waals surface area (Å²) >= 11 is 6.22. The number of anilines is 1. The number of hydrogen-bond acceptors (Lipinski definition) is 4. The minimum Gasteiger partial charge on any atom is -0.353 e. The topological polar surface area (TPSA) is 57.3 Å². The average molecular weight is 424 g/mol. The van der Waals surface area contributed by atoms with Crippen LogP contribution in [0.3, 0.4) is 0 Å². The number of amides is 1. The number of aromatic nitrogens is 1. The van der Waals surface area contributed by atoms with Gasteiger partial charge in [0.1, 0.15) is 5.82 Å². The molecule has 8 heteroatoms. The lowest BCUT2D eigenvalue weighted by Gasteiger charge is -2.28. The van der Waals surface area contributed by atoms with Crippen LogP contribution in [-0.2, 0) is 4.79 Å². The number of halogens is 3. The molecule has 0 spiro atoms. The van der Waals surface area contributed by atoms with Gasteiger partial charge in [-0.1, -0.05) is 18.5 Å². The summed E-state index contributed by atoms with van der Waals surface area (Å²) in [4.78, 5) is 18.9. The van der Waals surface area contributed by atoms with E-state index in [1.54, 1.807) is 6.20 Å². The lowest BCUT2D eigenvalue weighted by molar-refractivity contribution is -0.122. The molecule has 2 aliphatic rings. The summed E-state index contributed by atoms with van der Waals surface area (Å²) < 4.78 is 0. The molecule has 2 saturated heterocycles. The van der Waals surface area contributed by atoms with Gasteiger partial charge >= 0.3 is 0 Å². The number of carbonyl (C=O) groups is 1. The molecule has 1 amide bonds. The third-order valence-electron chi connectivity index (χ3n) is 5.24. The van der Waals surface area contributed by atoms with Crippen LogP contribution in [-0.4, -0.2) is 43.1 Å². The lowest BCUT2D eigenvalue weighted by atomic mass is 9.85. The zero-order chi connectivity index (χ0) is 16.9. The van der Waals surface area contributed by atoms with Crippen LogP contribution in [0, 0.1) is 11.8 Å². The second-order valence-electron chi connectivity index (χ2n) is 7.10. The smallest absolute Gasteiger partial charge is 0.220 e. The molecule has 1 aromatic heterocycles. The van der Waals surface area contributed by atoms with Gasteiger partial charge in [0.2, 0.25) is 5.91 Å². The molecule has 3 unspecified atom stereocenters. The first-order valence-electron chi connectivity index (χ1n) is 8.99. The fourth-order valence-corrected chi connectivity index (χ4v) is 4.03. The molecule has 0 bridgehead atoms. The minimum atomic E-state index is 0. The lowest BCUT2D eigenvalue weighted by Crippen LogP contribution is -2.40. The molecule has 2 fully saturated rings. The first-order valence-corrected chi connectivity index (χ1v) is 9.37. The third kappa shape index (κ3) is 6.15. The average Bonchev–Trinajstić information content (AvgIpc) is 3.04. The standard InChI is InChI=1S/C18H27ClN4O.2ClH/c1-13(14-4-2-7-20-11-14)10-17(24)22-15-6-9-23(12-15)18-16(19)5-3-8-21-18;;/h3,5,8,13-15,20H,2,4,6-7,9-12H2,1H3,(H,22,24);2*1H. The van der Waals surface area contributed by atoms with E-state index in [9.17, 15) is 4.79 Å². The van der Waals surface area contributed by atoms with Crippen LogP contribution in [0.4, 0.5) is 5.82 Å². The van der Waals surface area contributed by atoms with Gasteiger partial charge in [-0.25, -0.2) is 4.98 Å². The van der Waals surface area contributed by atoms with E-state index >= 15 is 0 Å². The van der Waals surface area contributed by atoms with Gasteiger partial charge in [-0.3, -0.25) is 4.79 Å². The Hall–Kier alpha value is -0.750. The van der Waals surface area contributed by atoms with E-state index < -0.39 is 0 Å². The van der Waals surface area contributed by atoms with Crippen LogP contribution in [0.25, 0.3) is 0 Å². The summed E-state index contributed by atoms with van der Waals surface area (Å²) in [5, 5.41) is 7.30. The Bertz CT molecular complexity index is 569. The number of rotatable bonds is 5. The Kier molecular flexibility index (Phi) is 10.0. The van der Waals surface area contributed by atoms with Gasteiger partial charge in [-0.05, 0) is 56.3 Å². The van der Waals surface area contributed by atoms with Gasteiger partial charge in [0, 0.05) is 31.7 Å². The number of piperidine rings is 1. The molecular weight excluding hydrogens is 395 g/mol. The van der Waals surface area contributed by atoms with Gasteiger partial charge in [0.15, 0.2) is 0 Å². The van der Waals surface area contributed by atoms with Crippen molar-refractivity contribution in [3.05, 3.63) is 23.4 Å². The van der Waals surface area contributed by atoms with Crippen molar-refractivity contribution < 1.29 is 4.79 Å². The van der Waals surface area contributed by atoms with Crippen molar-refractivity contribution in [3.8, 4) is 0 Å². The summed E-state index contributed by atoms with van der Waals surface area (Å²) in [6.45, 7) is 6.02. The van der Waals surface area contributed by atoms with Crippen LogP contribution in [0.1, 0.15) is 32.6 Å². The van der Waals surface area contributed by atoms with Crippen molar-refractivity contribution in [1.29, 1.82) is 0 Å². The number of hydrogen-bond donors (Lipinski definition) is 2. The highest BCUT2D eigenvalue weighted by Crippen LogP contribution is 2.26. The molecule has 0 radical (unpaired) electrons. The van der Waals surface area contributed by atoms with Gasteiger partial charge in [-0.15, -0.1) is 24.8 Å². The fraction of sp³-hybridized carbons (Fsp3) is 0.667. The molecule has 3 atom stereocenters. The highest BCUT2D eigenvalue weighted by Gasteiger charge is 2.27. The monoisotopic (exact) mass is 422 g/mol. The molecule has 2 aliphatic heterocycles. The van der Waals surface area contributed by atoms with E-state index in [1.807, 2.05) is 12.1 Å². The highest BCUT2D eigenvalue weighted by molar-refractivity contribution is 6.32. The second-order valence-corrected chi connectivity index (χ2v) is 7.50. The van der Waals surface area contributed by atoms with Crippen molar-refractivity contribution >= 4 is 48.1 Å². The maximum Gasteiger partial charge on any atom is 0.220 e. The predicted octanol–water partition coefficient (Wildman–Crippen LogP) is 3.30. The van der Waals surface area contributed by atoms with E-state index in [0.29, 0.717) is 23.3 Å². The van der Waals surface area contributed by atoms with Crippen molar-refractivity contribution in [2.75, 3.05) is 31.1 Å². The second kappa shape index (κ2) is 11.2. The normalized spacial score (nSPS) is 23.5. The largest absolute Gasteiger partial charge is 0.353 e. The summed E-state index contributed by atoms with van der Waals surface area (Å²) in [5.41, 5.74) is 0. The van der Waals surface area contributed by atoms with E-state index in [0.717, 1.165) is 38.4 Å². The first kappa shape index (κ1) is 23.3. The quantitative estimate of drug-likeness (QED) is 0.763. The number of carbonyl (C=O) groups excluding carboxylic acids is 1. The molecule has 0 aromatic carbocycles. The molecule has 26 heavy (non-hydrogen) atoms. The molecule has 0 aliphatic carbocycles. The summed E-state index contributed by atoms with van der Waals surface area (Å²) in [6.07, 6.45) is 5.77. The molecule has 0 saturated carbocycles. The maximum atomic E-state index is 12.4. The molecule has 1 aromatic rings. The minimum absolute atomic E-state index is 0. The highest BCUT2D eigenvalue weighted by atomic mass is 35.5. The Morgan fingerprint density at radius 1 is 1.46 bits per heavy atom. The van der Waals surface area contributed by atoms with Crippen molar-refractivity contribution in [3.63, 3.8) is 0 Å². The van der Waals surface area contributed by atoms with Gasteiger partial charge in [0.05, 0.1) is 5.02 Å². The third-order valence-corrected chi connectivity index (χ3v) is 5.53. The van der Waals surface area contributed by atoms with Crippen molar-refractivity contribution in [2.24, 2.45) is 11.8 Å². The predicted molar refractivity (Wildman–Crippen MR) is 112 cm³/mol. The van der Waals surface area contributed by atoms with Crippen LogP contribution in [0.15, 0.2) is 18.3 Å². The van der Waals surface area contributed by atoms with E-state index in [1.165, 1.54) is 12.8 Å². The molecule has 148 valence electrons. The zero-order valence-electron chi connectivity index (χ0n) is 15.1. The van der Waals surface area contributed by atoms with E-state index in [-0.39, 0.29) is 36.8 Å². The summed E-state index contributed by atoms with van der Waals surface area (Å²) in [6, 6.07) is 3.88. The van der Waals surface area contributed by atoms with Crippen molar-refractivity contribution in [2.45, 2.75) is 38.6 Å². The Labute approximate surface area is 173 Å². The van der Waals surface area contributed by atoms with E-state index in [2.05, 4.69) is 27.4 Å². The maximum absolute atomic E-state index is 12.4. The fourth-order valence-electron chi connectivity index (χ4n) is 3.79. The number of nitrogens with zero attached hydrogens (tertiary/aromatic N) is 2. The van der Waals surface area contributed by atoms with Crippen LogP contribution >= 0.6 is 36.4 Å². The number of pyridine rings is 1. The molecule has 3 heterocycles. The Morgan fingerprint density at radius 2 is 2.27 bits per heavy atom. The van der Waals surface area contributed by atoms with Crippen LogP contribution in [0.5, 0.6) is 0 Å². The first-order chi connectivity index (χ1) is 11.6. The molecule has 2 N–H and O–H groups in total. The molecular formula is C18H29Cl3N4O. The van der Waals surface area contributed by atoms with Crippen molar-refractivity contribution in [1.82, 2.24) is 15.6 Å². The zero-order valence-corrected chi connectivity index (χ0v) is 17.5. The molecule has 3 rings (SSSR count). The number of nitrogens with one attached hydrogen (secondary N) is 2. The SMILES string of the molecule is CC(CC(=O)NC1CCN(c2ncccc2Cl)C1)C1CCCNC1.Cl.Cl. The van der Waals surface area contributed by atoms with Crippen LogP contribution < -0.4 is 15.5 Å². The Morgan fingerprint density at radius 3 is 2.96 bits per heavy atom. The van der Waals surface area contributed by atoms with Gasteiger partial charge in [-0.2, -0.15) is 0 Å². The van der Waals surface area contributed by atoms with E-state index in [4.69, 9.17) is 11.6 Å². The molecule has 5 nitrogen and oxygen atoms in total. The summed E-state index contributed by atoms with van der Waals surface area (Å²) in [5.74, 6) is 2.04. The summed E-state index contributed by atoms with van der Waals surface area (Å²) in [7, 11) is 0. The van der Waals surface area contributed by atoms with Gasteiger partial charge in [0.25, 0.3) is 0 Å². The van der Waals surface area contributed by atoms with Crippen LogP contribution in [0.2, 0.25) is 5.02 Å².